The average Bonchev–Trinajstić information content (AvgIpc) is 2.74. The van der Waals surface area contributed by atoms with Crippen LogP contribution in [0.3, 0.4) is 0 Å². The van der Waals surface area contributed by atoms with Gasteiger partial charge in [-0.05, 0) is 36.1 Å². The molecule has 0 spiro atoms. The maximum Gasteiger partial charge on any atom is 0.122 e. The predicted molar refractivity (Wildman–Crippen MR) is 64.7 cm³/mol. The molecule has 0 bridgehead atoms. The molecule has 1 heterocycles. The van der Waals surface area contributed by atoms with Gasteiger partial charge in [-0.2, -0.15) is 0 Å². The van der Waals surface area contributed by atoms with Crippen LogP contribution in [0.1, 0.15) is 38.3 Å². The molecule has 2 atom stereocenters. The summed E-state index contributed by atoms with van der Waals surface area (Å²) in [5, 5.41) is 10.5. The molecule has 1 N–H and O–H groups in total. The fourth-order valence-corrected chi connectivity index (χ4v) is 2.18. The number of fused-ring (bicyclic) bond motifs is 1. The monoisotopic (exact) mass is 220 g/mol. The van der Waals surface area contributed by atoms with E-state index in [0.29, 0.717) is 0 Å². The van der Waals surface area contributed by atoms with E-state index < -0.39 is 5.60 Å². The number of aliphatic hydroxyl groups is 1. The van der Waals surface area contributed by atoms with Crippen LogP contribution in [0, 0.1) is 5.92 Å². The zero-order chi connectivity index (χ0) is 11.8. The first-order chi connectivity index (χ1) is 7.55. The van der Waals surface area contributed by atoms with E-state index in [1.165, 1.54) is 5.56 Å². The van der Waals surface area contributed by atoms with Crippen LogP contribution in [0.5, 0.6) is 5.75 Å². The van der Waals surface area contributed by atoms with E-state index in [4.69, 9.17) is 4.74 Å². The summed E-state index contributed by atoms with van der Waals surface area (Å²) in [6.07, 6.45) is 1.93. The van der Waals surface area contributed by atoms with Gasteiger partial charge in [-0.25, -0.2) is 0 Å². The molecule has 0 saturated heterocycles. The van der Waals surface area contributed by atoms with Crippen molar-refractivity contribution in [2.24, 2.45) is 5.92 Å². The Morgan fingerprint density at radius 2 is 2.25 bits per heavy atom. The minimum Gasteiger partial charge on any atom is -0.493 e. The number of hydrogen-bond donors (Lipinski definition) is 1. The summed E-state index contributed by atoms with van der Waals surface area (Å²) in [6.45, 7) is 6.86. The highest BCUT2D eigenvalue weighted by Crippen LogP contribution is 2.35. The third-order valence-electron chi connectivity index (χ3n) is 3.85. The lowest BCUT2D eigenvalue weighted by Crippen LogP contribution is -2.29. The second kappa shape index (κ2) is 4.10. The molecule has 2 nitrogen and oxygen atoms in total. The van der Waals surface area contributed by atoms with Crippen molar-refractivity contribution in [2.75, 3.05) is 6.61 Å². The van der Waals surface area contributed by atoms with Crippen molar-refractivity contribution in [1.29, 1.82) is 0 Å². The van der Waals surface area contributed by atoms with Gasteiger partial charge in [0, 0.05) is 6.42 Å². The maximum atomic E-state index is 10.5. The summed E-state index contributed by atoms with van der Waals surface area (Å²) in [6, 6.07) is 6.05. The van der Waals surface area contributed by atoms with Gasteiger partial charge in [-0.15, -0.1) is 0 Å². The molecular formula is C14H20O2. The molecule has 1 aromatic rings. The minimum atomic E-state index is -0.744. The lowest BCUT2D eigenvalue weighted by molar-refractivity contribution is -0.0000373. The van der Waals surface area contributed by atoms with Crippen LogP contribution in [0.4, 0.5) is 0 Å². The standard InChI is InChI=1S/C14H20O2/c1-4-10(2)14(3,15)12-5-6-13-11(9-12)7-8-16-13/h5-6,9-10,15H,4,7-8H2,1-3H3. The van der Waals surface area contributed by atoms with Gasteiger partial charge < -0.3 is 9.84 Å². The summed E-state index contributed by atoms with van der Waals surface area (Å²) in [5.41, 5.74) is 1.49. The molecule has 0 saturated carbocycles. The molecule has 2 unspecified atom stereocenters. The van der Waals surface area contributed by atoms with Gasteiger partial charge in [0.2, 0.25) is 0 Å². The molecule has 0 radical (unpaired) electrons. The zero-order valence-corrected chi connectivity index (χ0v) is 10.3. The molecule has 88 valence electrons. The second-order valence-electron chi connectivity index (χ2n) is 4.88. The fraction of sp³-hybridized carbons (Fsp3) is 0.571. The molecule has 2 rings (SSSR count). The maximum absolute atomic E-state index is 10.5. The molecule has 16 heavy (non-hydrogen) atoms. The molecule has 1 aromatic carbocycles. The first-order valence-corrected chi connectivity index (χ1v) is 6.04. The lowest BCUT2D eigenvalue weighted by atomic mass is 9.82. The fourth-order valence-electron chi connectivity index (χ4n) is 2.18. The Labute approximate surface area is 97.3 Å². The van der Waals surface area contributed by atoms with Gasteiger partial charge >= 0.3 is 0 Å². The number of hydrogen-bond acceptors (Lipinski definition) is 2. The van der Waals surface area contributed by atoms with E-state index in [1.54, 1.807) is 0 Å². The van der Waals surface area contributed by atoms with E-state index in [9.17, 15) is 5.11 Å². The Balaban J connectivity index is 2.34. The highest BCUT2D eigenvalue weighted by molar-refractivity contribution is 5.41. The van der Waals surface area contributed by atoms with Crippen LogP contribution < -0.4 is 4.74 Å². The molecular weight excluding hydrogens is 200 g/mol. The Bertz CT molecular complexity index is 382. The Morgan fingerprint density at radius 3 is 2.94 bits per heavy atom. The third-order valence-corrected chi connectivity index (χ3v) is 3.85. The predicted octanol–water partition coefficient (Wildman–Crippen LogP) is 2.88. The van der Waals surface area contributed by atoms with Gasteiger partial charge in [0.1, 0.15) is 5.75 Å². The molecule has 1 aliphatic rings. The quantitative estimate of drug-likeness (QED) is 0.848. The van der Waals surface area contributed by atoms with Crippen LogP contribution >= 0.6 is 0 Å². The van der Waals surface area contributed by atoms with Crippen LogP contribution in [0.25, 0.3) is 0 Å². The molecule has 0 aliphatic carbocycles. The summed E-state index contributed by atoms with van der Waals surface area (Å²) < 4.78 is 5.47. The van der Waals surface area contributed by atoms with Gasteiger partial charge in [0.15, 0.2) is 0 Å². The third kappa shape index (κ3) is 1.82. The van der Waals surface area contributed by atoms with Gasteiger partial charge in [-0.1, -0.05) is 26.3 Å². The van der Waals surface area contributed by atoms with E-state index >= 15 is 0 Å². The smallest absolute Gasteiger partial charge is 0.122 e. The van der Waals surface area contributed by atoms with E-state index in [2.05, 4.69) is 19.9 Å². The zero-order valence-electron chi connectivity index (χ0n) is 10.3. The van der Waals surface area contributed by atoms with Gasteiger partial charge in [-0.3, -0.25) is 0 Å². The van der Waals surface area contributed by atoms with Crippen molar-refractivity contribution in [2.45, 2.75) is 39.2 Å². The summed E-state index contributed by atoms with van der Waals surface area (Å²) >= 11 is 0. The Hall–Kier alpha value is -1.02. The topological polar surface area (TPSA) is 29.5 Å². The number of ether oxygens (including phenoxy) is 1. The largest absolute Gasteiger partial charge is 0.493 e. The number of rotatable bonds is 3. The van der Waals surface area contributed by atoms with Crippen molar-refractivity contribution in [3.05, 3.63) is 29.3 Å². The normalized spacial score (nSPS) is 19.8. The molecule has 1 aliphatic heterocycles. The first-order valence-electron chi connectivity index (χ1n) is 6.04. The van der Waals surface area contributed by atoms with Crippen molar-refractivity contribution >= 4 is 0 Å². The highest BCUT2D eigenvalue weighted by Gasteiger charge is 2.30. The van der Waals surface area contributed by atoms with E-state index in [-0.39, 0.29) is 5.92 Å². The van der Waals surface area contributed by atoms with Crippen LogP contribution in [0.2, 0.25) is 0 Å². The van der Waals surface area contributed by atoms with Gasteiger partial charge in [0.25, 0.3) is 0 Å². The molecule has 0 amide bonds. The molecule has 2 heteroatoms. The Morgan fingerprint density at radius 1 is 1.50 bits per heavy atom. The first kappa shape index (κ1) is 11.5. The Kier molecular flexibility index (Phi) is 2.94. The van der Waals surface area contributed by atoms with E-state index in [1.807, 2.05) is 19.1 Å². The van der Waals surface area contributed by atoms with Crippen LogP contribution in [-0.4, -0.2) is 11.7 Å². The summed E-state index contributed by atoms with van der Waals surface area (Å²) in [5.74, 6) is 1.23. The summed E-state index contributed by atoms with van der Waals surface area (Å²) in [4.78, 5) is 0. The highest BCUT2D eigenvalue weighted by atomic mass is 16.5. The minimum absolute atomic E-state index is 0.257. The van der Waals surface area contributed by atoms with Crippen molar-refractivity contribution < 1.29 is 9.84 Å². The van der Waals surface area contributed by atoms with Crippen molar-refractivity contribution in [1.82, 2.24) is 0 Å². The van der Waals surface area contributed by atoms with E-state index in [0.717, 1.165) is 30.8 Å². The summed E-state index contributed by atoms with van der Waals surface area (Å²) in [7, 11) is 0. The van der Waals surface area contributed by atoms with Crippen molar-refractivity contribution in [3.63, 3.8) is 0 Å². The van der Waals surface area contributed by atoms with Gasteiger partial charge in [0.05, 0.1) is 12.2 Å². The van der Waals surface area contributed by atoms with Crippen LogP contribution in [-0.2, 0) is 12.0 Å². The van der Waals surface area contributed by atoms with Crippen molar-refractivity contribution in [3.8, 4) is 5.75 Å². The SMILES string of the molecule is CCC(C)C(C)(O)c1ccc2c(c1)CCO2. The molecule has 0 aromatic heterocycles. The average molecular weight is 220 g/mol. The molecule has 0 fully saturated rings. The second-order valence-corrected chi connectivity index (χ2v) is 4.88. The van der Waals surface area contributed by atoms with Crippen LogP contribution in [0.15, 0.2) is 18.2 Å². The number of benzene rings is 1. The lowest BCUT2D eigenvalue weighted by Gasteiger charge is -2.30.